The lowest BCUT2D eigenvalue weighted by molar-refractivity contribution is -0.136. The van der Waals surface area contributed by atoms with Gasteiger partial charge in [-0.3, -0.25) is 19.7 Å². The molecule has 0 saturated carbocycles. The molecule has 156 valence electrons. The van der Waals surface area contributed by atoms with Crippen LogP contribution < -0.4 is 16.0 Å². The van der Waals surface area contributed by atoms with Gasteiger partial charge in [0.1, 0.15) is 6.04 Å². The Morgan fingerprint density at radius 2 is 2.10 bits per heavy atom. The van der Waals surface area contributed by atoms with E-state index in [4.69, 9.17) is 4.74 Å². The Kier molecular flexibility index (Phi) is 5.94. The number of fused-ring (bicyclic) bond motifs is 1. The molecule has 2 saturated heterocycles. The first-order valence-electron chi connectivity index (χ1n) is 10.3. The molecule has 3 aliphatic rings. The lowest BCUT2D eigenvalue weighted by Gasteiger charge is -2.29. The molecule has 3 amide bonds. The summed E-state index contributed by atoms with van der Waals surface area (Å²) in [6.45, 7) is 5.63. The average molecular weight is 400 g/mol. The second-order valence-corrected chi connectivity index (χ2v) is 8.04. The van der Waals surface area contributed by atoms with E-state index in [9.17, 15) is 14.4 Å². The Hall–Kier alpha value is -2.29. The van der Waals surface area contributed by atoms with Crippen molar-refractivity contribution < 1.29 is 19.1 Å². The fourth-order valence-corrected chi connectivity index (χ4v) is 4.37. The molecule has 0 bridgehead atoms. The van der Waals surface area contributed by atoms with E-state index >= 15 is 0 Å². The van der Waals surface area contributed by atoms with Crippen LogP contribution in [0.25, 0.3) is 0 Å². The topological polar surface area (TPSA) is 99.8 Å². The molecule has 1 aromatic rings. The van der Waals surface area contributed by atoms with Crippen molar-refractivity contribution >= 4 is 17.7 Å². The van der Waals surface area contributed by atoms with Crippen molar-refractivity contribution in [3.8, 4) is 0 Å². The van der Waals surface area contributed by atoms with Crippen molar-refractivity contribution in [2.24, 2.45) is 0 Å². The SMILES string of the molecule is CC1CNCC(CCNCc2cccc3c2C(=O)N(C2CCC(=O)NC2=O)C3)O1. The molecule has 2 fully saturated rings. The minimum absolute atomic E-state index is 0.125. The normalized spacial score (nSPS) is 27.1. The number of carbonyl (C=O) groups excluding carboxylic acids is 3. The summed E-state index contributed by atoms with van der Waals surface area (Å²) in [6.07, 6.45) is 2.00. The second kappa shape index (κ2) is 8.61. The van der Waals surface area contributed by atoms with Gasteiger partial charge in [-0.2, -0.15) is 0 Å². The molecule has 0 aliphatic carbocycles. The predicted molar refractivity (Wildman–Crippen MR) is 106 cm³/mol. The van der Waals surface area contributed by atoms with Gasteiger partial charge < -0.3 is 20.3 Å². The van der Waals surface area contributed by atoms with Crippen LogP contribution in [0.1, 0.15) is 47.7 Å². The first-order valence-corrected chi connectivity index (χ1v) is 10.3. The Balaban J connectivity index is 1.36. The Morgan fingerprint density at radius 3 is 2.90 bits per heavy atom. The predicted octanol–water partition coefficient (Wildman–Crippen LogP) is 0.304. The molecular weight excluding hydrogens is 372 g/mol. The summed E-state index contributed by atoms with van der Waals surface area (Å²) in [6, 6.07) is 5.27. The molecule has 8 nitrogen and oxygen atoms in total. The zero-order valence-electron chi connectivity index (χ0n) is 16.7. The third-order valence-corrected chi connectivity index (χ3v) is 5.83. The molecule has 3 aliphatic heterocycles. The minimum Gasteiger partial charge on any atom is -0.373 e. The smallest absolute Gasteiger partial charge is 0.255 e. The molecule has 3 unspecified atom stereocenters. The highest BCUT2D eigenvalue weighted by Gasteiger charge is 2.39. The number of carbonyl (C=O) groups is 3. The van der Waals surface area contributed by atoms with Crippen LogP contribution in [0.2, 0.25) is 0 Å². The molecule has 0 radical (unpaired) electrons. The third-order valence-electron chi connectivity index (χ3n) is 5.83. The Morgan fingerprint density at radius 1 is 1.24 bits per heavy atom. The van der Waals surface area contributed by atoms with Crippen LogP contribution in [-0.2, 0) is 27.4 Å². The molecule has 8 heteroatoms. The van der Waals surface area contributed by atoms with E-state index < -0.39 is 6.04 Å². The van der Waals surface area contributed by atoms with Crippen LogP contribution in [0, 0.1) is 0 Å². The van der Waals surface area contributed by atoms with Crippen molar-refractivity contribution in [1.82, 2.24) is 20.9 Å². The fourth-order valence-electron chi connectivity index (χ4n) is 4.37. The van der Waals surface area contributed by atoms with Gasteiger partial charge in [-0.05, 0) is 37.4 Å². The number of piperidine rings is 1. The number of hydrogen-bond donors (Lipinski definition) is 3. The summed E-state index contributed by atoms with van der Waals surface area (Å²) in [5, 5.41) is 9.13. The number of hydrogen-bond acceptors (Lipinski definition) is 6. The van der Waals surface area contributed by atoms with Crippen LogP contribution >= 0.6 is 0 Å². The van der Waals surface area contributed by atoms with Crippen LogP contribution in [0.15, 0.2) is 18.2 Å². The first kappa shape index (κ1) is 20.0. The molecule has 0 aromatic heterocycles. The summed E-state index contributed by atoms with van der Waals surface area (Å²) in [4.78, 5) is 38.3. The lowest BCUT2D eigenvalue weighted by Crippen LogP contribution is -2.52. The maximum absolute atomic E-state index is 13.1. The van der Waals surface area contributed by atoms with E-state index in [0.717, 1.165) is 37.2 Å². The molecule has 3 atom stereocenters. The molecule has 1 aromatic carbocycles. The highest BCUT2D eigenvalue weighted by molar-refractivity contribution is 6.05. The summed E-state index contributed by atoms with van der Waals surface area (Å²) >= 11 is 0. The number of nitrogens with one attached hydrogen (secondary N) is 3. The van der Waals surface area contributed by atoms with Crippen LogP contribution in [0.3, 0.4) is 0 Å². The molecule has 29 heavy (non-hydrogen) atoms. The maximum Gasteiger partial charge on any atom is 0.255 e. The van der Waals surface area contributed by atoms with Crippen LogP contribution in [0.4, 0.5) is 0 Å². The number of amides is 3. The molecule has 3 heterocycles. The van der Waals surface area contributed by atoms with Gasteiger partial charge in [-0.25, -0.2) is 0 Å². The summed E-state index contributed by atoms with van der Waals surface area (Å²) in [5.41, 5.74) is 2.57. The highest BCUT2D eigenvalue weighted by Crippen LogP contribution is 2.29. The number of imide groups is 1. The van der Waals surface area contributed by atoms with E-state index in [0.29, 0.717) is 25.1 Å². The quantitative estimate of drug-likeness (QED) is 0.469. The monoisotopic (exact) mass is 400 g/mol. The van der Waals surface area contributed by atoms with Crippen LogP contribution in [0.5, 0.6) is 0 Å². The zero-order chi connectivity index (χ0) is 20.4. The molecule has 0 spiro atoms. The van der Waals surface area contributed by atoms with Crippen molar-refractivity contribution in [1.29, 1.82) is 0 Å². The average Bonchev–Trinajstić information content (AvgIpc) is 3.02. The minimum atomic E-state index is -0.577. The zero-order valence-corrected chi connectivity index (χ0v) is 16.7. The van der Waals surface area contributed by atoms with Gasteiger partial charge in [0.05, 0.1) is 12.2 Å². The van der Waals surface area contributed by atoms with Gasteiger partial charge in [0.25, 0.3) is 5.91 Å². The van der Waals surface area contributed by atoms with Crippen molar-refractivity contribution in [2.75, 3.05) is 19.6 Å². The van der Waals surface area contributed by atoms with Gasteiger partial charge in [0, 0.05) is 38.2 Å². The lowest BCUT2D eigenvalue weighted by atomic mass is 10.0. The number of rotatable bonds is 6. The van der Waals surface area contributed by atoms with Crippen LogP contribution in [-0.4, -0.2) is 60.5 Å². The molecular formula is C21H28N4O4. The van der Waals surface area contributed by atoms with Gasteiger partial charge in [0.15, 0.2) is 0 Å². The number of ether oxygens (including phenoxy) is 1. The summed E-state index contributed by atoms with van der Waals surface area (Å²) < 4.78 is 5.90. The number of morpholine rings is 1. The fraction of sp³-hybridized carbons (Fsp3) is 0.571. The van der Waals surface area contributed by atoms with Crippen molar-refractivity contribution in [2.45, 2.75) is 57.5 Å². The Labute approximate surface area is 170 Å². The van der Waals surface area contributed by atoms with E-state index in [-0.39, 0.29) is 36.4 Å². The summed E-state index contributed by atoms with van der Waals surface area (Å²) in [7, 11) is 0. The Bertz CT molecular complexity index is 812. The van der Waals surface area contributed by atoms with Gasteiger partial charge in [-0.1, -0.05) is 18.2 Å². The summed E-state index contributed by atoms with van der Waals surface area (Å²) in [5.74, 6) is -0.773. The largest absolute Gasteiger partial charge is 0.373 e. The van der Waals surface area contributed by atoms with E-state index in [1.807, 2.05) is 18.2 Å². The van der Waals surface area contributed by atoms with E-state index in [2.05, 4.69) is 22.9 Å². The van der Waals surface area contributed by atoms with Crippen molar-refractivity contribution in [3.63, 3.8) is 0 Å². The third kappa shape index (κ3) is 4.34. The number of nitrogens with zero attached hydrogens (tertiary/aromatic N) is 1. The first-order chi connectivity index (χ1) is 14.0. The molecule has 4 rings (SSSR count). The maximum atomic E-state index is 13.1. The van der Waals surface area contributed by atoms with E-state index in [1.165, 1.54) is 0 Å². The van der Waals surface area contributed by atoms with Gasteiger partial charge in [0.2, 0.25) is 11.8 Å². The number of benzene rings is 1. The second-order valence-electron chi connectivity index (χ2n) is 8.04. The van der Waals surface area contributed by atoms with E-state index in [1.54, 1.807) is 4.90 Å². The van der Waals surface area contributed by atoms with Crippen molar-refractivity contribution in [3.05, 3.63) is 34.9 Å². The van der Waals surface area contributed by atoms with Gasteiger partial charge >= 0.3 is 0 Å². The standard InChI is InChI=1S/C21H28N4O4/c1-13-9-23-11-16(29-13)7-8-22-10-14-3-2-4-15-12-25(21(28)19(14)15)17-5-6-18(26)24-20(17)27/h2-4,13,16-17,22-23H,5-12H2,1H3,(H,24,26,27). The molecule has 3 N–H and O–H groups in total. The van der Waals surface area contributed by atoms with Gasteiger partial charge in [-0.15, -0.1) is 0 Å². The highest BCUT2D eigenvalue weighted by atomic mass is 16.5.